The number of anilines is 3. The molecule has 3 rings (SSSR count). The van der Waals surface area contributed by atoms with Crippen LogP contribution >= 0.6 is 0 Å². The molecule has 1 aliphatic rings. The zero-order valence-electron chi connectivity index (χ0n) is 9.10. The van der Waals surface area contributed by atoms with Crippen LogP contribution in [0.2, 0.25) is 0 Å². The van der Waals surface area contributed by atoms with Crippen LogP contribution in [0.3, 0.4) is 0 Å². The van der Waals surface area contributed by atoms with E-state index in [1.807, 2.05) is 4.90 Å². The summed E-state index contributed by atoms with van der Waals surface area (Å²) in [6.45, 7) is 0.752. The van der Waals surface area contributed by atoms with Crippen LogP contribution in [0.4, 0.5) is 21.7 Å². The van der Waals surface area contributed by atoms with Gasteiger partial charge >= 0.3 is 0 Å². The molecule has 1 aromatic heterocycles. The first kappa shape index (κ1) is 10.0. The number of hydrogen-bond acceptors (Lipinski definition) is 4. The van der Waals surface area contributed by atoms with Gasteiger partial charge in [0.05, 0.1) is 0 Å². The molecule has 2 aromatic rings. The number of fused-ring (bicyclic) bond motifs is 1. The number of benzene rings is 1. The molecule has 0 aliphatic carbocycles. The van der Waals surface area contributed by atoms with Crippen LogP contribution in [0.25, 0.3) is 0 Å². The van der Waals surface area contributed by atoms with Crippen LogP contribution in [-0.2, 0) is 6.42 Å². The number of nitrogen functional groups attached to an aromatic ring is 1. The summed E-state index contributed by atoms with van der Waals surface area (Å²) < 4.78 is 13.3. The third-order valence-corrected chi connectivity index (χ3v) is 2.90. The SMILES string of the molecule is Nc1nccnc1N1CCc2ccc(F)cc21. The lowest BCUT2D eigenvalue weighted by atomic mass is 10.2. The minimum absolute atomic E-state index is 0.252. The van der Waals surface area contributed by atoms with E-state index < -0.39 is 0 Å². The molecule has 2 heterocycles. The molecule has 0 bridgehead atoms. The normalized spacial score (nSPS) is 13.8. The molecule has 0 fully saturated rings. The Morgan fingerprint density at radius 3 is 2.88 bits per heavy atom. The topological polar surface area (TPSA) is 55.0 Å². The number of rotatable bonds is 1. The van der Waals surface area contributed by atoms with Crippen LogP contribution in [0.5, 0.6) is 0 Å². The fraction of sp³-hybridized carbons (Fsp3) is 0.167. The van der Waals surface area contributed by atoms with Gasteiger partial charge in [-0.15, -0.1) is 0 Å². The predicted octanol–water partition coefficient (Wildman–Crippen LogP) is 1.89. The zero-order valence-corrected chi connectivity index (χ0v) is 9.10. The average Bonchev–Trinajstić information content (AvgIpc) is 2.72. The lowest BCUT2D eigenvalue weighted by Crippen LogP contribution is -2.17. The Morgan fingerprint density at radius 2 is 2.06 bits per heavy atom. The lowest BCUT2D eigenvalue weighted by molar-refractivity contribution is 0.628. The molecule has 86 valence electrons. The number of aromatic nitrogens is 2. The summed E-state index contributed by atoms with van der Waals surface area (Å²) in [6.07, 6.45) is 4.00. The van der Waals surface area contributed by atoms with Gasteiger partial charge < -0.3 is 10.6 Å². The standard InChI is InChI=1S/C12H11FN4/c13-9-2-1-8-3-6-17(10(8)7-9)12-11(14)15-4-5-16-12/h1-2,4-5,7H,3,6H2,(H2,14,15). The summed E-state index contributed by atoms with van der Waals surface area (Å²) in [5.74, 6) is 0.708. The highest BCUT2D eigenvalue weighted by molar-refractivity contribution is 5.73. The summed E-state index contributed by atoms with van der Waals surface area (Å²) in [6, 6.07) is 4.79. The van der Waals surface area contributed by atoms with Gasteiger partial charge in [-0.3, -0.25) is 0 Å². The fourth-order valence-electron chi connectivity index (χ4n) is 2.12. The molecular weight excluding hydrogens is 219 g/mol. The summed E-state index contributed by atoms with van der Waals surface area (Å²) in [4.78, 5) is 10.1. The van der Waals surface area contributed by atoms with Gasteiger partial charge in [-0.05, 0) is 24.1 Å². The van der Waals surface area contributed by atoms with Crippen LogP contribution in [0, 0.1) is 5.82 Å². The van der Waals surface area contributed by atoms with Crippen LogP contribution in [0.1, 0.15) is 5.56 Å². The Bertz CT molecular complexity index is 570. The van der Waals surface area contributed by atoms with Gasteiger partial charge in [0.25, 0.3) is 0 Å². The summed E-state index contributed by atoms with van der Waals surface area (Å²) in [5.41, 5.74) is 7.73. The minimum Gasteiger partial charge on any atom is -0.381 e. The first-order valence-corrected chi connectivity index (χ1v) is 5.38. The van der Waals surface area contributed by atoms with Crippen molar-refractivity contribution in [2.24, 2.45) is 0 Å². The largest absolute Gasteiger partial charge is 0.381 e. The van der Waals surface area contributed by atoms with Crippen molar-refractivity contribution in [1.29, 1.82) is 0 Å². The molecule has 0 saturated heterocycles. The molecule has 0 atom stereocenters. The van der Waals surface area contributed by atoms with Crippen LogP contribution < -0.4 is 10.6 Å². The minimum atomic E-state index is -0.252. The van der Waals surface area contributed by atoms with Crippen molar-refractivity contribution in [3.8, 4) is 0 Å². The molecule has 2 N–H and O–H groups in total. The Morgan fingerprint density at radius 1 is 1.24 bits per heavy atom. The van der Waals surface area contributed by atoms with Crippen molar-refractivity contribution in [2.45, 2.75) is 6.42 Å². The van der Waals surface area contributed by atoms with Crippen molar-refractivity contribution in [3.63, 3.8) is 0 Å². The van der Waals surface area contributed by atoms with E-state index >= 15 is 0 Å². The maximum atomic E-state index is 13.3. The molecular formula is C12H11FN4. The molecule has 0 saturated carbocycles. The van der Waals surface area contributed by atoms with Gasteiger partial charge in [0.1, 0.15) is 5.82 Å². The van der Waals surface area contributed by atoms with E-state index in [0.717, 1.165) is 24.2 Å². The number of nitrogens with two attached hydrogens (primary N) is 1. The lowest BCUT2D eigenvalue weighted by Gasteiger charge is -2.18. The number of nitrogens with zero attached hydrogens (tertiary/aromatic N) is 3. The highest BCUT2D eigenvalue weighted by atomic mass is 19.1. The Labute approximate surface area is 97.9 Å². The first-order chi connectivity index (χ1) is 8.25. The van der Waals surface area contributed by atoms with E-state index in [0.29, 0.717) is 11.6 Å². The van der Waals surface area contributed by atoms with Gasteiger partial charge in [0, 0.05) is 24.6 Å². The molecule has 17 heavy (non-hydrogen) atoms. The van der Waals surface area contributed by atoms with Gasteiger partial charge in [0.15, 0.2) is 11.6 Å². The third kappa shape index (κ3) is 1.60. The van der Waals surface area contributed by atoms with E-state index in [1.54, 1.807) is 18.5 Å². The highest BCUT2D eigenvalue weighted by Crippen LogP contribution is 2.35. The fourth-order valence-corrected chi connectivity index (χ4v) is 2.12. The maximum absolute atomic E-state index is 13.3. The Balaban J connectivity index is 2.10. The second-order valence-corrected chi connectivity index (χ2v) is 3.94. The van der Waals surface area contributed by atoms with E-state index in [9.17, 15) is 4.39 Å². The van der Waals surface area contributed by atoms with Crippen LogP contribution in [-0.4, -0.2) is 16.5 Å². The molecule has 4 nitrogen and oxygen atoms in total. The molecule has 5 heteroatoms. The van der Waals surface area contributed by atoms with E-state index in [1.165, 1.54) is 12.1 Å². The molecule has 1 aliphatic heterocycles. The maximum Gasteiger partial charge on any atom is 0.176 e. The molecule has 0 radical (unpaired) electrons. The van der Waals surface area contributed by atoms with Gasteiger partial charge in [-0.1, -0.05) is 6.07 Å². The van der Waals surface area contributed by atoms with Crippen molar-refractivity contribution < 1.29 is 4.39 Å². The molecule has 0 amide bonds. The quantitative estimate of drug-likeness (QED) is 0.812. The second kappa shape index (κ2) is 3.69. The first-order valence-electron chi connectivity index (χ1n) is 5.38. The second-order valence-electron chi connectivity index (χ2n) is 3.94. The van der Waals surface area contributed by atoms with Gasteiger partial charge in [-0.2, -0.15) is 0 Å². The molecule has 0 spiro atoms. The zero-order chi connectivity index (χ0) is 11.8. The highest BCUT2D eigenvalue weighted by Gasteiger charge is 2.23. The van der Waals surface area contributed by atoms with E-state index in [-0.39, 0.29) is 5.82 Å². The smallest absolute Gasteiger partial charge is 0.176 e. The summed E-state index contributed by atoms with van der Waals surface area (Å²) in [5, 5.41) is 0. The predicted molar refractivity (Wildman–Crippen MR) is 63.6 cm³/mol. The van der Waals surface area contributed by atoms with Crippen molar-refractivity contribution >= 4 is 17.3 Å². The Kier molecular flexibility index (Phi) is 2.18. The van der Waals surface area contributed by atoms with Crippen LogP contribution in [0.15, 0.2) is 30.6 Å². The van der Waals surface area contributed by atoms with Gasteiger partial charge in [0.2, 0.25) is 0 Å². The van der Waals surface area contributed by atoms with Crippen molar-refractivity contribution in [3.05, 3.63) is 42.0 Å². The third-order valence-electron chi connectivity index (χ3n) is 2.90. The molecule has 0 unspecified atom stereocenters. The Hall–Kier alpha value is -2.17. The summed E-state index contributed by atoms with van der Waals surface area (Å²) >= 11 is 0. The van der Waals surface area contributed by atoms with E-state index in [2.05, 4.69) is 9.97 Å². The van der Waals surface area contributed by atoms with E-state index in [4.69, 9.17) is 5.73 Å². The summed E-state index contributed by atoms with van der Waals surface area (Å²) in [7, 11) is 0. The van der Waals surface area contributed by atoms with Crippen molar-refractivity contribution in [1.82, 2.24) is 9.97 Å². The monoisotopic (exact) mass is 230 g/mol. The average molecular weight is 230 g/mol. The number of hydrogen-bond donors (Lipinski definition) is 1. The van der Waals surface area contributed by atoms with Gasteiger partial charge in [-0.25, -0.2) is 14.4 Å². The molecule has 1 aromatic carbocycles. The van der Waals surface area contributed by atoms with Crippen molar-refractivity contribution in [2.75, 3.05) is 17.2 Å². The number of halogens is 1.